The average Bonchev–Trinajstić information content (AvgIpc) is 2.82. The predicted molar refractivity (Wildman–Crippen MR) is 131 cm³/mol. The Hall–Kier alpha value is -3.38. The van der Waals surface area contributed by atoms with E-state index in [-0.39, 0.29) is 37.2 Å². The molecule has 3 rings (SSSR count). The van der Waals surface area contributed by atoms with Gasteiger partial charge in [-0.15, -0.1) is 11.6 Å². The number of hydrogen-bond acceptors (Lipinski definition) is 4. The number of nitrogens with one attached hydrogen (secondary N) is 1. The monoisotopic (exact) mass is 481 g/mol. The fourth-order valence-corrected chi connectivity index (χ4v) is 3.95. The Morgan fingerprint density at radius 3 is 2.44 bits per heavy atom. The van der Waals surface area contributed by atoms with Crippen molar-refractivity contribution in [3.05, 3.63) is 89.5 Å². The molecule has 1 amide bonds. The Morgan fingerprint density at radius 2 is 1.76 bits per heavy atom. The van der Waals surface area contributed by atoms with Crippen molar-refractivity contribution in [1.82, 2.24) is 5.32 Å². The molecule has 7 heteroatoms. The van der Waals surface area contributed by atoms with Crippen LogP contribution in [0.15, 0.2) is 72.8 Å². The molecule has 178 valence electrons. The minimum absolute atomic E-state index is 0.0227. The largest absolute Gasteiger partial charge is 0.481 e. The summed E-state index contributed by atoms with van der Waals surface area (Å²) in [5, 5.41) is 12.0. The molecule has 0 radical (unpaired) electrons. The molecule has 1 aliphatic rings. The van der Waals surface area contributed by atoms with Gasteiger partial charge >= 0.3 is 11.9 Å². The Morgan fingerprint density at radius 1 is 1.03 bits per heavy atom. The van der Waals surface area contributed by atoms with Gasteiger partial charge in [0.05, 0.1) is 18.2 Å². The highest BCUT2D eigenvalue weighted by atomic mass is 35.5. The van der Waals surface area contributed by atoms with Crippen LogP contribution >= 0.6 is 11.6 Å². The summed E-state index contributed by atoms with van der Waals surface area (Å²) < 4.78 is 5.18. The predicted octanol–water partition coefficient (Wildman–Crippen LogP) is 4.66. The zero-order valence-corrected chi connectivity index (χ0v) is 19.5. The van der Waals surface area contributed by atoms with Crippen molar-refractivity contribution < 1.29 is 24.2 Å². The van der Waals surface area contributed by atoms with E-state index in [4.69, 9.17) is 16.3 Å². The summed E-state index contributed by atoms with van der Waals surface area (Å²) in [7, 11) is 0. The number of benzene rings is 2. The molecule has 2 aromatic rings. The summed E-state index contributed by atoms with van der Waals surface area (Å²) in [6, 6.07) is 16.5. The lowest BCUT2D eigenvalue weighted by Crippen LogP contribution is -2.38. The van der Waals surface area contributed by atoms with E-state index >= 15 is 0 Å². The van der Waals surface area contributed by atoms with E-state index in [0.29, 0.717) is 6.42 Å². The highest BCUT2D eigenvalue weighted by Crippen LogP contribution is 2.26. The number of rotatable bonds is 11. The first-order valence-electron chi connectivity index (χ1n) is 11.2. The summed E-state index contributed by atoms with van der Waals surface area (Å²) in [4.78, 5) is 35.6. The van der Waals surface area contributed by atoms with Crippen LogP contribution in [0.25, 0.3) is 5.57 Å². The average molecular weight is 482 g/mol. The van der Waals surface area contributed by atoms with Crippen LogP contribution in [0.2, 0.25) is 0 Å². The zero-order valence-electron chi connectivity index (χ0n) is 18.8. The molecule has 0 saturated carbocycles. The Bertz CT molecular complexity index is 1050. The molecule has 1 unspecified atom stereocenters. The van der Waals surface area contributed by atoms with Gasteiger partial charge < -0.3 is 15.2 Å². The number of alkyl halides is 1. The third-order valence-corrected chi connectivity index (χ3v) is 5.72. The number of allylic oxidation sites excluding steroid dienone is 4. The van der Waals surface area contributed by atoms with Gasteiger partial charge in [-0.3, -0.25) is 14.4 Å². The number of esters is 1. The SMILES string of the molecule is O=C(O)C[C@@H](Cc1ccc(C2=CC=CC(Cl)C2)cc1)NC(=O)CCC(=O)OCc1ccccc1. The molecule has 2 N–H and O–H groups in total. The third kappa shape index (κ3) is 8.52. The minimum atomic E-state index is -1.00. The van der Waals surface area contributed by atoms with Crippen LogP contribution < -0.4 is 5.32 Å². The lowest BCUT2D eigenvalue weighted by atomic mass is 9.95. The normalized spacial score (nSPS) is 15.8. The second-order valence-corrected chi connectivity index (χ2v) is 8.77. The summed E-state index contributed by atoms with van der Waals surface area (Å²) in [5.41, 5.74) is 3.98. The number of carbonyl (C=O) groups excluding carboxylic acids is 2. The third-order valence-electron chi connectivity index (χ3n) is 5.42. The van der Waals surface area contributed by atoms with Crippen LogP contribution in [0.5, 0.6) is 0 Å². The molecule has 0 fully saturated rings. The van der Waals surface area contributed by atoms with Gasteiger partial charge in [-0.05, 0) is 35.1 Å². The van der Waals surface area contributed by atoms with Gasteiger partial charge in [0.15, 0.2) is 0 Å². The quantitative estimate of drug-likeness (QED) is 0.359. The van der Waals surface area contributed by atoms with Crippen LogP contribution in [0.4, 0.5) is 0 Å². The number of amides is 1. The van der Waals surface area contributed by atoms with Crippen molar-refractivity contribution in [2.75, 3.05) is 0 Å². The number of carboxylic acids is 1. The van der Waals surface area contributed by atoms with Crippen molar-refractivity contribution in [3.63, 3.8) is 0 Å². The van der Waals surface area contributed by atoms with Crippen molar-refractivity contribution >= 4 is 35.0 Å². The first-order chi connectivity index (χ1) is 16.4. The zero-order chi connectivity index (χ0) is 24.3. The van der Waals surface area contributed by atoms with E-state index < -0.39 is 18.0 Å². The first-order valence-corrected chi connectivity index (χ1v) is 11.6. The highest BCUT2D eigenvalue weighted by molar-refractivity contribution is 6.22. The number of aliphatic carboxylic acids is 1. The molecule has 0 bridgehead atoms. The van der Waals surface area contributed by atoms with Gasteiger partial charge in [0.2, 0.25) is 5.91 Å². The smallest absolute Gasteiger partial charge is 0.306 e. The first kappa shape index (κ1) is 25.2. The van der Waals surface area contributed by atoms with E-state index in [2.05, 4.69) is 5.32 Å². The molecule has 0 spiro atoms. The molecule has 2 atom stereocenters. The molecule has 0 saturated heterocycles. The molecule has 6 nitrogen and oxygen atoms in total. The number of carboxylic acid groups (broad SMARTS) is 1. The fraction of sp³-hybridized carbons (Fsp3) is 0.296. The van der Waals surface area contributed by atoms with Gasteiger partial charge in [0.25, 0.3) is 0 Å². The Labute approximate surface area is 204 Å². The van der Waals surface area contributed by atoms with E-state index in [1.54, 1.807) is 0 Å². The van der Waals surface area contributed by atoms with Crippen molar-refractivity contribution in [3.8, 4) is 0 Å². The Kier molecular flexibility index (Phi) is 9.47. The van der Waals surface area contributed by atoms with Crippen molar-refractivity contribution in [2.45, 2.75) is 50.1 Å². The molecular formula is C27H28ClNO5. The highest BCUT2D eigenvalue weighted by Gasteiger charge is 2.18. The van der Waals surface area contributed by atoms with Crippen LogP contribution in [0.3, 0.4) is 0 Å². The molecule has 34 heavy (non-hydrogen) atoms. The van der Waals surface area contributed by atoms with Gasteiger partial charge in [-0.25, -0.2) is 0 Å². The lowest BCUT2D eigenvalue weighted by Gasteiger charge is -2.18. The minimum Gasteiger partial charge on any atom is -0.481 e. The van der Waals surface area contributed by atoms with Crippen LogP contribution in [0, 0.1) is 0 Å². The maximum absolute atomic E-state index is 12.4. The van der Waals surface area contributed by atoms with Crippen molar-refractivity contribution in [2.24, 2.45) is 0 Å². The number of halogens is 1. The maximum Gasteiger partial charge on any atom is 0.306 e. The summed E-state index contributed by atoms with van der Waals surface area (Å²) in [6.45, 7) is 0.150. The topological polar surface area (TPSA) is 92.7 Å². The molecule has 0 heterocycles. The fourth-order valence-electron chi connectivity index (χ4n) is 3.70. The van der Waals surface area contributed by atoms with E-state index in [9.17, 15) is 19.5 Å². The second-order valence-electron chi connectivity index (χ2n) is 8.21. The Balaban J connectivity index is 1.49. The molecule has 0 aliphatic heterocycles. The summed E-state index contributed by atoms with van der Waals surface area (Å²) in [6.07, 6.45) is 6.70. The molecule has 1 aliphatic carbocycles. The number of ether oxygens (including phenoxy) is 1. The van der Waals surface area contributed by atoms with E-state index in [1.807, 2.05) is 72.8 Å². The van der Waals surface area contributed by atoms with Crippen molar-refractivity contribution in [1.29, 1.82) is 0 Å². The van der Waals surface area contributed by atoms with E-state index in [1.165, 1.54) is 0 Å². The number of carbonyl (C=O) groups is 3. The molecular weight excluding hydrogens is 454 g/mol. The lowest BCUT2D eigenvalue weighted by molar-refractivity contribution is -0.146. The van der Waals surface area contributed by atoms with E-state index in [0.717, 1.165) is 28.7 Å². The maximum atomic E-state index is 12.4. The summed E-state index contributed by atoms with van der Waals surface area (Å²) >= 11 is 6.20. The van der Waals surface area contributed by atoms with Gasteiger partial charge in [0, 0.05) is 12.5 Å². The summed E-state index contributed by atoms with van der Waals surface area (Å²) in [5.74, 6) is -1.86. The van der Waals surface area contributed by atoms with Gasteiger partial charge in [-0.2, -0.15) is 0 Å². The van der Waals surface area contributed by atoms with Crippen LogP contribution in [0.1, 0.15) is 42.4 Å². The van der Waals surface area contributed by atoms with Crippen LogP contribution in [-0.2, 0) is 32.1 Å². The second kappa shape index (κ2) is 12.8. The molecule has 2 aromatic carbocycles. The standard InChI is InChI=1S/C27H28ClNO5/c28-23-8-4-7-22(16-23)21-11-9-19(10-12-21)15-24(17-26(31)32)29-25(30)13-14-27(33)34-18-20-5-2-1-3-6-20/h1-12,23-24H,13-18H2,(H,29,30)(H,31,32)/t23?,24-/m1/s1. The number of hydrogen-bond donors (Lipinski definition) is 2. The molecule has 0 aromatic heterocycles. The van der Waals surface area contributed by atoms with Crippen LogP contribution in [-0.4, -0.2) is 34.4 Å². The van der Waals surface area contributed by atoms with Gasteiger partial charge in [-0.1, -0.05) is 72.8 Å². The van der Waals surface area contributed by atoms with Gasteiger partial charge in [0.1, 0.15) is 6.61 Å².